The number of nitriles is 1. The summed E-state index contributed by atoms with van der Waals surface area (Å²) in [4.78, 5) is 10.2. The van der Waals surface area contributed by atoms with Crippen molar-refractivity contribution in [3.63, 3.8) is 0 Å². The van der Waals surface area contributed by atoms with E-state index in [1.807, 2.05) is 6.92 Å². The minimum Gasteiger partial charge on any atom is -0.353 e. The second kappa shape index (κ2) is 4.55. The van der Waals surface area contributed by atoms with Gasteiger partial charge in [-0.25, -0.2) is 0 Å². The Kier molecular flexibility index (Phi) is 2.93. The fourth-order valence-corrected chi connectivity index (χ4v) is 1.49. The van der Waals surface area contributed by atoms with Gasteiger partial charge in [0.25, 0.3) is 5.69 Å². The first kappa shape index (κ1) is 11.6. The predicted octanol–water partition coefficient (Wildman–Crippen LogP) is 2.24. The molecule has 0 aliphatic rings. The van der Waals surface area contributed by atoms with Crippen LogP contribution in [0.4, 0.5) is 17.1 Å². The molecule has 2 N–H and O–H groups in total. The molecule has 1 aromatic heterocycles. The van der Waals surface area contributed by atoms with Crippen LogP contribution in [0, 0.1) is 28.4 Å². The van der Waals surface area contributed by atoms with E-state index in [1.165, 1.54) is 12.1 Å². The van der Waals surface area contributed by atoms with E-state index in [-0.39, 0.29) is 11.3 Å². The molecule has 0 fully saturated rings. The summed E-state index contributed by atoms with van der Waals surface area (Å²) < 4.78 is 0. The molecule has 7 heteroatoms. The van der Waals surface area contributed by atoms with Gasteiger partial charge in [0, 0.05) is 11.8 Å². The topological polar surface area (TPSA) is 108 Å². The van der Waals surface area contributed by atoms with Crippen molar-refractivity contribution in [2.45, 2.75) is 6.92 Å². The fourth-order valence-electron chi connectivity index (χ4n) is 1.49. The SMILES string of the molecule is Cc1[nH]ncc1Nc1ccc(C#N)c([N+](=O)[O-])c1. The number of hydrogen-bond donors (Lipinski definition) is 2. The van der Waals surface area contributed by atoms with E-state index < -0.39 is 4.92 Å². The fraction of sp³-hybridized carbons (Fsp3) is 0.0909. The number of rotatable bonds is 3. The summed E-state index contributed by atoms with van der Waals surface area (Å²) in [5.74, 6) is 0. The minimum atomic E-state index is -0.577. The summed E-state index contributed by atoms with van der Waals surface area (Å²) in [6, 6.07) is 6.13. The Morgan fingerprint density at radius 2 is 2.33 bits per heavy atom. The molecule has 0 radical (unpaired) electrons. The molecule has 7 nitrogen and oxygen atoms in total. The second-order valence-corrected chi connectivity index (χ2v) is 3.63. The Balaban J connectivity index is 2.36. The zero-order chi connectivity index (χ0) is 13.1. The summed E-state index contributed by atoms with van der Waals surface area (Å²) in [6.45, 7) is 1.83. The zero-order valence-corrected chi connectivity index (χ0v) is 9.47. The Hall–Kier alpha value is -2.88. The van der Waals surface area contributed by atoms with Gasteiger partial charge in [0.2, 0.25) is 0 Å². The molecule has 0 bridgehead atoms. The van der Waals surface area contributed by atoms with Crippen molar-refractivity contribution in [3.05, 3.63) is 45.8 Å². The molecule has 0 unspecified atom stereocenters. The highest BCUT2D eigenvalue weighted by Crippen LogP contribution is 2.25. The van der Waals surface area contributed by atoms with Gasteiger partial charge in [-0.2, -0.15) is 10.4 Å². The first-order valence-corrected chi connectivity index (χ1v) is 5.07. The van der Waals surface area contributed by atoms with Crippen LogP contribution >= 0.6 is 0 Å². The Labute approximate surface area is 102 Å². The lowest BCUT2D eigenvalue weighted by atomic mass is 10.1. The molecule has 0 saturated heterocycles. The predicted molar refractivity (Wildman–Crippen MR) is 64.4 cm³/mol. The van der Waals surface area contributed by atoms with Gasteiger partial charge in [-0.1, -0.05) is 0 Å². The van der Waals surface area contributed by atoms with Gasteiger partial charge in [0.15, 0.2) is 0 Å². The summed E-state index contributed by atoms with van der Waals surface area (Å²) in [7, 11) is 0. The van der Waals surface area contributed by atoms with Crippen molar-refractivity contribution in [1.82, 2.24) is 10.2 Å². The number of nitrogens with zero attached hydrogens (tertiary/aromatic N) is 3. The molecule has 18 heavy (non-hydrogen) atoms. The number of nitrogens with one attached hydrogen (secondary N) is 2. The molecule has 0 aliphatic carbocycles. The van der Waals surface area contributed by atoms with Gasteiger partial charge >= 0.3 is 0 Å². The van der Waals surface area contributed by atoms with Crippen LogP contribution in [0.3, 0.4) is 0 Å². The Morgan fingerprint density at radius 3 is 2.89 bits per heavy atom. The third kappa shape index (κ3) is 2.12. The zero-order valence-electron chi connectivity index (χ0n) is 9.47. The number of anilines is 2. The lowest BCUT2D eigenvalue weighted by molar-refractivity contribution is -0.385. The van der Waals surface area contributed by atoms with Crippen LogP contribution < -0.4 is 5.32 Å². The number of aromatic nitrogens is 2. The maximum Gasteiger partial charge on any atom is 0.289 e. The first-order chi connectivity index (χ1) is 8.61. The first-order valence-electron chi connectivity index (χ1n) is 5.07. The van der Waals surface area contributed by atoms with Crippen LogP contribution in [0.5, 0.6) is 0 Å². The number of aryl methyl sites for hydroxylation is 1. The molecule has 0 atom stereocenters. The highest BCUT2D eigenvalue weighted by Gasteiger charge is 2.14. The minimum absolute atomic E-state index is 0.0365. The van der Waals surface area contributed by atoms with E-state index >= 15 is 0 Å². The number of nitro groups is 1. The third-order valence-electron chi connectivity index (χ3n) is 2.42. The van der Waals surface area contributed by atoms with Crippen molar-refractivity contribution < 1.29 is 4.92 Å². The maximum atomic E-state index is 10.8. The molecule has 0 amide bonds. The van der Waals surface area contributed by atoms with E-state index in [9.17, 15) is 10.1 Å². The molecule has 2 rings (SSSR count). The average Bonchev–Trinajstić information content (AvgIpc) is 2.75. The number of benzene rings is 1. The summed E-state index contributed by atoms with van der Waals surface area (Å²) >= 11 is 0. The van der Waals surface area contributed by atoms with Gasteiger partial charge in [-0.05, 0) is 19.1 Å². The molecule has 0 saturated carbocycles. The Morgan fingerprint density at radius 1 is 1.56 bits per heavy atom. The van der Waals surface area contributed by atoms with E-state index in [4.69, 9.17) is 5.26 Å². The van der Waals surface area contributed by atoms with Gasteiger partial charge in [-0.15, -0.1) is 0 Å². The van der Waals surface area contributed by atoms with E-state index in [0.29, 0.717) is 5.69 Å². The lowest BCUT2D eigenvalue weighted by Crippen LogP contribution is -1.96. The second-order valence-electron chi connectivity index (χ2n) is 3.63. The van der Waals surface area contributed by atoms with Crippen molar-refractivity contribution in [2.75, 3.05) is 5.32 Å². The normalized spacial score (nSPS) is 9.78. The molecule has 90 valence electrons. The molecule has 1 heterocycles. The van der Waals surface area contributed by atoms with E-state index in [1.54, 1.807) is 18.3 Å². The van der Waals surface area contributed by atoms with Crippen LogP contribution in [-0.4, -0.2) is 15.1 Å². The molecule has 2 aromatic rings. The van der Waals surface area contributed by atoms with Crippen molar-refractivity contribution in [3.8, 4) is 6.07 Å². The van der Waals surface area contributed by atoms with Gasteiger partial charge < -0.3 is 5.32 Å². The van der Waals surface area contributed by atoms with Crippen LogP contribution in [0.2, 0.25) is 0 Å². The summed E-state index contributed by atoms with van der Waals surface area (Å²) in [5.41, 5.74) is 1.90. The summed E-state index contributed by atoms with van der Waals surface area (Å²) in [6.07, 6.45) is 1.58. The molecule has 0 aliphatic heterocycles. The van der Waals surface area contributed by atoms with Crippen molar-refractivity contribution >= 4 is 17.1 Å². The summed E-state index contributed by atoms with van der Waals surface area (Å²) in [5, 5.41) is 29.2. The van der Waals surface area contributed by atoms with E-state index in [0.717, 1.165) is 11.4 Å². The third-order valence-corrected chi connectivity index (χ3v) is 2.42. The van der Waals surface area contributed by atoms with Crippen LogP contribution in [-0.2, 0) is 0 Å². The Bertz CT molecular complexity index is 641. The largest absolute Gasteiger partial charge is 0.353 e. The van der Waals surface area contributed by atoms with Gasteiger partial charge in [-0.3, -0.25) is 15.2 Å². The molecule has 1 aromatic carbocycles. The molecular weight excluding hydrogens is 234 g/mol. The van der Waals surface area contributed by atoms with Crippen LogP contribution in [0.15, 0.2) is 24.4 Å². The van der Waals surface area contributed by atoms with Gasteiger partial charge in [0.05, 0.1) is 22.5 Å². The van der Waals surface area contributed by atoms with Crippen molar-refractivity contribution in [1.29, 1.82) is 5.26 Å². The highest BCUT2D eigenvalue weighted by atomic mass is 16.6. The molecule has 0 spiro atoms. The number of aromatic amines is 1. The molecular formula is C11H9N5O2. The average molecular weight is 243 g/mol. The van der Waals surface area contributed by atoms with Crippen LogP contribution in [0.25, 0.3) is 0 Å². The lowest BCUT2D eigenvalue weighted by Gasteiger charge is -2.05. The smallest absolute Gasteiger partial charge is 0.289 e. The van der Waals surface area contributed by atoms with Gasteiger partial charge in [0.1, 0.15) is 11.6 Å². The standard InChI is InChI=1S/C11H9N5O2/c1-7-10(6-13-15-7)14-9-3-2-8(5-12)11(4-9)16(17)18/h2-4,6,14H,1H3,(H,13,15). The van der Waals surface area contributed by atoms with Crippen molar-refractivity contribution in [2.24, 2.45) is 0 Å². The quantitative estimate of drug-likeness (QED) is 0.634. The monoisotopic (exact) mass is 243 g/mol. The number of hydrogen-bond acceptors (Lipinski definition) is 5. The van der Waals surface area contributed by atoms with Crippen LogP contribution in [0.1, 0.15) is 11.3 Å². The maximum absolute atomic E-state index is 10.8. The highest BCUT2D eigenvalue weighted by molar-refractivity contribution is 5.66. The van der Waals surface area contributed by atoms with E-state index in [2.05, 4.69) is 15.5 Å². The number of H-pyrrole nitrogens is 1. The number of nitro benzene ring substituents is 1.